The maximum Gasteiger partial charge on any atom is 0.258 e. The van der Waals surface area contributed by atoms with E-state index < -0.39 is 0 Å². The van der Waals surface area contributed by atoms with Crippen LogP contribution in [0.2, 0.25) is 0 Å². The highest BCUT2D eigenvalue weighted by atomic mass is 16.5. The van der Waals surface area contributed by atoms with Gasteiger partial charge in [0, 0.05) is 43.0 Å². The molecule has 5 rings (SSSR count). The number of hydrogen-bond donors (Lipinski definition) is 0. The van der Waals surface area contributed by atoms with Crippen LogP contribution in [-0.2, 0) is 13.5 Å². The van der Waals surface area contributed by atoms with E-state index in [9.17, 15) is 4.79 Å². The first-order valence-corrected chi connectivity index (χ1v) is 10.8. The average molecular weight is 438 g/mol. The fourth-order valence-corrected chi connectivity index (χ4v) is 3.91. The van der Waals surface area contributed by atoms with Crippen LogP contribution in [0.3, 0.4) is 0 Å². The fraction of sp³-hybridized carbons (Fsp3) is 0.154. The molecule has 0 N–H and O–H groups in total. The fourth-order valence-electron chi connectivity index (χ4n) is 3.91. The zero-order chi connectivity index (χ0) is 22.8. The Hall–Kier alpha value is -4.26. The van der Waals surface area contributed by atoms with Gasteiger partial charge in [0.05, 0.1) is 12.3 Å². The number of benzene rings is 2. The molecule has 33 heavy (non-hydrogen) atoms. The second kappa shape index (κ2) is 8.70. The number of nitrogens with zero attached hydrogens (tertiary/aromatic N) is 5. The van der Waals surface area contributed by atoms with Crippen molar-refractivity contribution < 1.29 is 4.74 Å². The van der Waals surface area contributed by atoms with Crippen LogP contribution < -0.4 is 10.3 Å². The van der Waals surface area contributed by atoms with Crippen molar-refractivity contribution in [3.63, 3.8) is 0 Å². The Kier molecular flexibility index (Phi) is 5.44. The molecule has 0 radical (unpaired) electrons. The average Bonchev–Trinajstić information content (AvgIpc) is 3.26. The molecule has 0 amide bonds. The molecular formula is C26H23N5O2. The molecule has 0 aliphatic rings. The number of aromatic nitrogens is 5. The molecule has 0 atom stereocenters. The molecular weight excluding hydrogens is 414 g/mol. The van der Waals surface area contributed by atoms with E-state index in [0.717, 1.165) is 28.0 Å². The van der Waals surface area contributed by atoms with Crippen LogP contribution in [0, 0.1) is 0 Å². The number of rotatable bonds is 6. The predicted molar refractivity (Wildman–Crippen MR) is 128 cm³/mol. The summed E-state index contributed by atoms with van der Waals surface area (Å²) in [6.07, 6.45) is 5.93. The van der Waals surface area contributed by atoms with Crippen LogP contribution in [0.15, 0.2) is 84.0 Å². The molecule has 0 fully saturated rings. The van der Waals surface area contributed by atoms with Crippen molar-refractivity contribution in [1.29, 1.82) is 0 Å². The highest BCUT2D eigenvalue weighted by molar-refractivity contribution is 5.94. The number of hydrogen-bond acceptors (Lipinski definition) is 5. The number of pyridine rings is 2. The van der Waals surface area contributed by atoms with E-state index in [0.29, 0.717) is 30.1 Å². The van der Waals surface area contributed by atoms with Crippen molar-refractivity contribution in [2.75, 3.05) is 6.61 Å². The van der Waals surface area contributed by atoms with Gasteiger partial charge in [-0.15, -0.1) is 0 Å². The molecule has 0 aliphatic heterocycles. The second-order valence-corrected chi connectivity index (χ2v) is 7.73. The number of ether oxygens (including phenoxy) is 1. The van der Waals surface area contributed by atoms with Gasteiger partial charge in [0.25, 0.3) is 5.56 Å². The molecule has 0 unspecified atom stereocenters. The summed E-state index contributed by atoms with van der Waals surface area (Å²) in [7, 11) is 1.76. The quantitative estimate of drug-likeness (QED) is 0.399. The first-order chi connectivity index (χ1) is 16.1. The summed E-state index contributed by atoms with van der Waals surface area (Å²) in [4.78, 5) is 21.7. The van der Waals surface area contributed by atoms with Crippen molar-refractivity contribution in [1.82, 2.24) is 24.3 Å². The first kappa shape index (κ1) is 20.6. The van der Waals surface area contributed by atoms with Crippen LogP contribution in [0.1, 0.15) is 18.3 Å². The summed E-state index contributed by atoms with van der Waals surface area (Å²) in [5.74, 6) is 2.16. The highest BCUT2D eigenvalue weighted by Crippen LogP contribution is 2.28. The van der Waals surface area contributed by atoms with Gasteiger partial charge in [-0.3, -0.25) is 9.78 Å². The standard InChI is InChI=1S/C26H23N5O2/c1-3-33-20-10-8-19(9-11-20)31-25(28-24(29-31)16-18-12-14-27-15-13-18)23-17-30(2)26(32)22-7-5-4-6-21(22)23/h4-15,17H,3,16H2,1-2H3. The van der Waals surface area contributed by atoms with Crippen LogP contribution in [0.4, 0.5) is 0 Å². The molecule has 0 spiro atoms. The van der Waals surface area contributed by atoms with Gasteiger partial charge in [-0.2, -0.15) is 5.10 Å². The van der Waals surface area contributed by atoms with Crippen molar-refractivity contribution in [2.24, 2.45) is 7.05 Å². The van der Waals surface area contributed by atoms with Crippen molar-refractivity contribution >= 4 is 10.8 Å². The number of aryl methyl sites for hydroxylation is 1. The van der Waals surface area contributed by atoms with Gasteiger partial charge in [0.15, 0.2) is 11.6 Å². The molecule has 0 aliphatic carbocycles. The van der Waals surface area contributed by atoms with Gasteiger partial charge in [0.2, 0.25) is 0 Å². The van der Waals surface area contributed by atoms with Gasteiger partial charge in [-0.1, -0.05) is 18.2 Å². The highest BCUT2D eigenvalue weighted by Gasteiger charge is 2.18. The van der Waals surface area contributed by atoms with Gasteiger partial charge >= 0.3 is 0 Å². The third kappa shape index (κ3) is 4.01. The summed E-state index contributed by atoms with van der Waals surface area (Å²) in [6, 6.07) is 19.3. The Bertz CT molecular complexity index is 1470. The molecule has 0 bridgehead atoms. The molecule has 0 saturated heterocycles. The molecule has 0 saturated carbocycles. The summed E-state index contributed by atoms with van der Waals surface area (Å²) < 4.78 is 9.02. The summed E-state index contributed by atoms with van der Waals surface area (Å²) in [5, 5.41) is 6.33. The molecule has 164 valence electrons. The summed E-state index contributed by atoms with van der Waals surface area (Å²) in [6.45, 7) is 2.56. The molecule has 7 nitrogen and oxygen atoms in total. The lowest BCUT2D eigenvalue weighted by molar-refractivity contribution is 0.340. The van der Waals surface area contributed by atoms with Gasteiger partial charge in [-0.05, 0) is 60.3 Å². The molecule has 2 aromatic carbocycles. The minimum Gasteiger partial charge on any atom is -0.494 e. The Morgan fingerprint density at radius 3 is 2.39 bits per heavy atom. The van der Waals surface area contributed by atoms with E-state index in [1.165, 1.54) is 0 Å². The summed E-state index contributed by atoms with van der Waals surface area (Å²) in [5.41, 5.74) is 2.74. The number of fused-ring (bicyclic) bond motifs is 1. The van der Waals surface area contributed by atoms with E-state index in [1.54, 1.807) is 24.0 Å². The van der Waals surface area contributed by atoms with E-state index in [-0.39, 0.29) is 5.56 Å². The third-order valence-electron chi connectivity index (χ3n) is 5.49. The lowest BCUT2D eigenvalue weighted by Crippen LogP contribution is -2.17. The maximum atomic E-state index is 12.7. The van der Waals surface area contributed by atoms with Gasteiger partial charge in [0.1, 0.15) is 5.75 Å². The van der Waals surface area contributed by atoms with Crippen molar-refractivity contribution in [3.05, 3.63) is 101 Å². The Morgan fingerprint density at radius 2 is 1.67 bits per heavy atom. The Balaban J connectivity index is 1.70. The molecule has 5 aromatic rings. The van der Waals surface area contributed by atoms with E-state index in [2.05, 4.69) is 4.98 Å². The van der Waals surface area contributed by atoms with E-state index in [4.69, 9.17) is 14.8 Å². The normalized spacial score (nSPS) is 11.1. The lowest BCUT2D eigenvalue weighted by atomic mass is 10.1. The van der Waals surface area contributed by atoms with Crippen LogP contribution >= 0.6 is 0 Å². The van der Waals surface area contributed by atoms with Crippen LogP contribution in [0.5, 0.6) is 5.75 Å². The second-order valence-electron chi connectivity index (χ2n) is 7.73. The van der Waals surface area contributed by atoms with E-state index >= 15 is 0 Å². The zero-order valence-electron chi connectivity index (χ0n) is 18.5. The molecule has 7 heteroatoms. The van der Waals surface area contributed by atoms with E-state index in [1.807, 2.05) is 78.5 Å². The summed E-state index contributed by atoms with van der Waals surface area (Å²) >= 11 is 0. The smallest absolute Gasteiger partial charge is 0.258 e. The zero-order valence-corrected chi connectivity index (χ0v) is 18.5. The SMILES string of the molecule is CCOc1ccc(-n2nc(Cc3ccncc3)nc2-c2cn(C)c(=O)c3ccccc23)cc1. The topological polar surface area (TPSA) is 74.8 Å². The molecule has 3 heterocycles. The first-order valence-electron chi connectivity index (χ1n) is 10.8. The van der Waals surface area contributed by atoms with Crippen LogP contribution in [-0.4, -0.2) is 30.9 Å². The van der Waals surface area contributed by atoms with Crippen molar-refractivity contribution in [2.45, 2.75) is 13.3 Å². The minimum absolute atomic E-state index is 0.0431. The largest absolute Gasteiger partial charge is 0.494 e. The van der Waals surface area contributed by atoms with Gasteiger partial charge in [-0.25, -0.2) is 9.67 Å². The minimum atomic E-state index is -0.0431. The predicted octanol–water partition coefficient (Wildman–Crippen LogP) is 4.17. The lowest BCUT2D eigenvalue weighted by Gasteiger charge is -2.11. The van der Waals surface area contributed by atoms with Crippen LogP contribution in [0.25, 0.3) is 27.8 Å². The Labute approximate surface area is 190 Å². The maximum absolute atomic E-state index is 12.7. The Morgan fingerprint density at radius 1 is 0.939 bits per heavy atom. The van der Waals surface area contributed by atoms with Crippen molar-refractivity contribution in [3.8, 4) is 22.8 Å². The third-order valence-corrected chi connectivity index (χ3v) is 5.49. The monoisotopic (exact) mass is 437 g/mol. The molecule has 3 aromatic heterocycles. The van der Waals surface area contributed by atoms with Gasteiger partial charge < -0.3 is 9.30 Å².